The molecule has 0 atom stereocenters. The molecular weight excluding hydrogens is 376 g/mol. The summed E-state index contributed by atoms with van der Waals surface area (Å²) in [6, 6.07) is 16.4. The summed E-state index contributed by atoms with van der Waals surface area (Å²) in [6.45, 7) is 0. The molecule has 7 heteroatoms. The molecule has 2 amide bonds. The van der Waals surface area contributed by atoms with Crippen LogP contribution in [-0.4, -0.2) is 22.9 Å². The number of nitrogens with one attached hydrogen (secondary N) is 2. The second kappa shape index (κ2) is 7.94. The molecule has 2 N–H and O–H groups in total. The first-order valence-corrected chi connectivity index (χ1v) is 9.59. The maximum absolute atomic E-state index is 12.6. The first kappa shape index (κ1) is 18.4. The number of para-hydroxylation sites is 1. The minimum absolute atomic E-state index is 0.391. The summed E-state index contributed by atoms with van der Waals surface area (Å²) in [5, 5.41) is 10.9. The zero-order valence-electron chi connectivity index (χ0n) is 15.5. The van der Waals surface area contributed by atoms with Crippen LogP contribution in [-0.2, 0) is 0 Å². The number of methoxy groups -OCH3 is 1. The fourth-order valence-electron chi connectivity index (χ4n) is 3.21. The van der Waals surface area contributed by atoms with Crippen LogP contribution >= 0.6 is 11.6 Å². The summed E-state index contributed by atoms with van der Waals surface area (Å²) in [5.74, 6) is 1.61. The summed E-state index contributed by atoms with van der Waals surface area (Å²) >= 11 is 6.04. The number of carbonyl (C=O) groups excluding carboxylic acids is 1. The van der Waals surface area contributed by atoms with Crippen molar-refractivity contribution in [2.45, 2.75) is 25.2 Å². The van der Waals surface area contributed by atoms with Gasteiger partial charge in [0, 0.05) is 17.0 Å². The highest BCUT2D eigenvalue weighted by Gasteiger charge is 2.24. The number of ether oxygens (including phenoxy) is 1. The summed E-state index contributed by atoms with van der Waals surface area (Å²) in [6.07, 6.45) is 3.50. The molecule has 28 heavy (non-hydrogen) atoms. The van der Waals surface area contributed by atoms with Gasteiger partial charge in [0.1, 0.15) is 11.6 Å². The molecule has 1 aliphatic carbocycles. The zero-order valence-corrected chi connectivity index (χ0v) is 16.2. The minimum Gasteiger partial charge on any atom is -0.495 e. The van der Waals surface area contributed by atoms with Crippen molar-refractivity contribution in [2.75, 3.05) is 17.7 Å². The van der Waals surface area contributed by atoms with Gasteiger partial charge in [0.2, 0.25) is 0 Å². The Bertz CT molecular complexity index is 983. The molecule has 1 aromatic heterocycles. The van der Waals surface area contributed by atoms with Crippen LogP contribution in [0.4, 0.5) is 16.3 Å². The van der Waals surface area contributed by atoms with Gasteiger partial charge >= 0.3 is 6.03 Å². The maximum atomic E-state index is 12.6. The summed E-state index contributed by atoms with van der Waals surface area (Å²) in [5.41, 5.74) is 2.40. The molecule has 144 valence electrons. The topological polar surface area (TPSA) is 68.2 Å². The number of rotatable bonds is 5. The lowest BCUT2D eigenvalue weighted by molar-refractivity contribution is 0.262. The molecule has 0 unspecified atom stereocenters. The Kier molecular flexibility index (Phi) is 5.21. The van der Waals surface area contributed by atoms with Crippen molar-refractivity contribution in [3.8, 4) is 11.4 Å². The maximum Gasteiger partial charge on any atom is 0.324 e. The molecule has 0 saturated heterocycles. The van der Waals surface area contributed by atoms with Crippen LogP contribution in [0.3, 0.4) is 0 Å². The Morgan fingerprint density at radius 3 is 2.61 bits per heavy atom. The number of carbonyl (C=O) groups is 1. The van der Waals surface area contributed by atoms with E-state index in [0.717, 1.165) is 24.2 Å². The van der Waals surface area contributed by atoms with Crippen LogP contribution in [0.15, 0.2) is 54.6 Å². The molecule has 1 saturated carbocycles. The Morgan fingerprint density at radius 1 is 1.14 bits per heavy atom. The van der Waals surface area contributed by atoms with Gasteiger partial charge < -0.3 is 10.1 Å². The molecule has 0 spiro atoms. The SMILES string of the molecule is COc1ccc(Cl)cc1NC(=O)Nc1cc(C2CCC2)nn1-c1ccccc1. The largest absolute Gasteiger partial charge is 0.495 e. The molecule has 2 aromatic carbocycles. The third-order valence-electron chi connectivity index (χ3n) is 4.90. The first-order chi connectivity index (χ1) is 13.6. The Balaban J connectivity index is 1.59. The van der Waals surface area contributed by atoms with Crippen molar-refractivity contribution in [1.82, 2.24) is 9.78 Å². The molecule has 1 fully saturated rings. The van der Waals surface area contributed by atoms with E-state index in [9.17, 15) is 4.79 Å². The first-order valence-electron chi connectivity index (χ1n) is 9.21. The molecule has 0 radical (unpaired) electrons. The average molecular weight is 397 g/mol. The van der Waals surface area contributed by atoms with Crippen LogP contribution in [0.1, 0.15) is 30.9 Å². The second-order valence-electron chi connectivity index (χ2n) is 6.75. The van der Waals surface area contributed by atoms with Crippen LogP contribution < -0.4 is 15.4 Å². The van der Waals surface area contributed by atoms with E-state index in [1.807, 2.05) is 36.4 Å². The number of amides is 2. The van der Waals surface area contributed by atoms with Crippen molar-refractivity contribution in [2.24, 2.45) is 0 Å². The predicted molar refractivity (Wildman–Crippen MR) is 111 cm³/mol. The Labute approximate surface area is 168 Å². The number of nitrogens with zero attached hydrogens (tertiary/aromatic N) is 2. The van der Waals surface area contributed by atoms with E-state index in [0.29, 0.717) is 28.2 Å². The monoisotopic (exact) mass is 396 g/mol. The van der Waals surface area contributed by atoms with E-state index >= 15 is 0 Å². The number of urea groups is 1. The van der Waals surface area contributed by atoms with Crippen molar-refractivity contribution in [3.63, 3.8) is 0 Å². The molecule has 6 nitrogen and oxygen atoms in total. The zero-order chi connectivity index (χ0) is 19.5. The van der Waals surface area contributed by atoms with Crippen LogP contribution in [0, 0.1) is 0 Å². The lowest BCUT2D eigenvalue weighted by Gasteiger charge is -2.22. The molecule has 1 aliphatic rings. The number of benzene rings is 2. The van der Waals surface area contributed by atoms with Crippen LogP contribution in [0.2, 0.25) is 5.02 Å². The second-order valence-corrected chi connectivity index (χ2v) is 7.19. The highest BCUT2D eigenvalue weighted by Crippen LogP contribution is 2.37. The van der Waals surface area contributed by atoms with E-state index in [4.69, 9.17) is 21.4 Å². The molecule has 3 aromatic rings. The van der Waals surface area contributed by atoms with Gasteiger partial charge in [-0.15, -0.1) is 0 Å². The Hall–Kier alpha value is -2.99. The van der Waals surface area contributed by atoms with E-state index in [2.05, 4.69) is 10.6 Å². The van der Waals surface area contributed by atoms with Gasteiger partial charge in [-0.1, -0.05) is 36.2 Å². The van der Waals surface area contributed by atoms with Crippen LogP contribution in [0.5, 0.6) is 5.75 Å². The highest BCUT2D eigenvalue weighted by molar-refractivity contribution is 6.31. The molecule has 0 aliphatic heterocycles. The van der Waals surface area contributed by atoms with Gasteiger partial charge in [-0.25, -0.2) is 9.48 Å². The van der Waals surface area contributed by atoms with Gasteiger partial charge in [-0.2, -0.15) is 5.10 Å². The number of anilines is 2. The molecule has 0 bridgehead atoms. The average Bonchev–Trinajstić information content (AvgIpc) is 3.04. The van der Waals surface area contributed by atoms with Crippen molar-refractivity contribution in [1.29, 1.82) is 0 Å². The third kappa shape index (κ3) is 3.82. The van der Waals surface area contributed by atoms with Gasteiger partial charge in [-0.3, -0.25) is 5.32 Å². The van der Waals surface area contributed by atoms with Gasteiger partial charge in [-0.05, 0) is 43.2 Å². The van der Waals surface area contributed by atoms with E-state index in [1.54, 1.807) is 30.0 Å². The van der Waals surface area contributed by atoms with Gasteiger partial charge in [0.15, 0.2) is 0 Å². The third-order valence-corrected chi connectivity index (χ3v) is 5.14. The number of halogens is 1. The van der Waals surface area contributed by atoms with E-state index in [1.165, 1.54) is 6.42 Å². The summed E-state index contributed by atoms with van der Waals surface area (Å²) < 4.78 is 7.05. The van der Waals surface area contributed by atoms with Gasteiger partial charge in [0.25, 0.3) is 0 Å². The van der Waals surface area contributed by atoms with Crippen molar-refractivity contribution < 1.29 is 9.53 Å². The van der Waals surface area contributed by atoms with Crippen molar-refractivity contribution in [3.05, 3.63) is 65.3 Å². The molecular formula is C21H21ClN4O2. The van der Waals surface area contributed by atoms with Crippen LogP contribution in [0.25, 0.3) is 5.69 Å². The van der Waals surface area contributed by atoms with Crippen molar-refractivity contribution >= 4 is 29.1 Å². The number of aromatic nitrogens is 2. The lowest BCUT2D eigenvalue weighted by Crippen LogP contribution is -2.21. The standard InChI is InChI=1S/C21H21ClN4O2/c1-28-19-11-10-15(22)12-18(19)23-21(27)24-20-13-17(14-6-5-7-14)25-26(20)16-8-3-2-4-9-16/h2-4,8-14H,5-7H2,1H3,(H2,23,24,27). The highest BCUT2D eigenvalue weighted by atomic mass is 35.5. The molecule has 4 rings (SSSR count). The number of hydrogen-bond donors (Lipinski definition) is 2. The fraction of sp³-hybridized carbons (Fsp3) is 0.238. The lowest BCUT2D eigenvalue weighted by atomic mass is 9.83. The van der Waals surface area contributed by atoms with E-state index in [-0.39, 0.29) is 0 Å². The smallest absolute Gasteiger partial charge is 0.324 e. The van der Waals surface area contributed by atoms with Gasteiger partial charge in [0.05, 0.1) is 24.2 Å². The van der Waals surface area contributed by atoms with E-state index < -0.39 is 6.03 Å². The summed E-state index contributed by atoms with van der Waals surface area (Å²) in [4.78, 5) is 12.6. The minimum atomic E-state index is -0.391. The predicted octanol–water partition coefficient (Wildman–Crippen LogP) is 5.45. The number of hydrogen-bond acceptors (Lipinski definition) is 3. The summed E-state index contributed by atoms with van der Waals surface area (Å²) in [7, 11) is 1.54. The quantitative estimate of drug-likeness (QED) is 0.602. The fourth-order valence-corrected chi connectivity index (χ4v) is 3.38. The normalized spacial score (nSPS) is 13.6. The molecule has 1 heterocycles. The Morgan fingerprint density at radius 2 is 1.93 bits per heavy atom.